The van der Waals surface area contributed by atoms with Crippen LogP contribution in [0.15, 0.2) is 0 Å². The molecule has 2 rings (SSSR count). The number of fused-ring (bicyclic) bond motifs is 1. The zero-order valence-electron chi connectivity index (χ0n) is 13.7. The maximum atomic E-state index is 5.04. The second-order valence-electron chi connectivity index (χ2n) is 8.53. The van der Waals surface area contributed by atoms with E-state index in [1.165, 1.54) is 6.42 Å². The number of rotatable bonds is 1. The molecule has 1 nitrogen and oxygen atoms in total. The van der Waals surface area contributed by atoms with E-state index in [0.717, 1.165) is 0 Å². The normalized spacial score (nSPS) is 57.0. The van der Waals surface area contributed by atoms with Gasteiger partial charge in [0.1, 0.15) is 0 Å². The van der Waals surface area contributed by atoms with Gasteiger partial charge in [0.2, 0.25) is 0 Å². The SMILES string of the molecule is CNC1(C)C(C)(C)C2(C)CC(C)(S)C2(C)C1(C)C. The lowest BCUT2D eigenvalue weighted by atomic mass is 9.38. The Kier molecular flexibility index (Phi) is 2.56. The van der Waals surface area contributed by atoms with Crippen LogP contribution >= 0.6 is 12.6 Å². The van der Waals surface area contributed by atoms with Crippen molar-refractivity contribution in [3.05, 3.63) is 0 Å². The first-order chi connectivity index (χ1) is 7.77. The monoisotopic (exact) mass is 269 g/mol. The highest BCUT2D eigenvalue weighted by Crippen LogP contribution is 2.86. The summed E-state index contributed by atoms with van der Waals surface area (Å²) in [5.41, 5.74) is 1.12. The van der Waals surface area contributed by atoms with E-state index in [0.29, 0.717) is 5.41 Å². The molecule has 0 aromatic carbocycles. The average molecular weight is 269 g/mol. The van der Waals surface area contributed by atoms with E-state index in [-0.39, 0.29) is 26.5 Å². The van der Waals surface area contributed by atoms with E-state index in [1.807, 2.05) is 0 Å². The van der Waals surface area contributed by atoms with Crippen LogP contribution in [-0.4, -0.2) is 17.3 Å². The Balaban J connectivity index is 2.75. The smallest absolute Gasteiger partial charge is 0.0263 e. The van der Waals surface area contributed by atoms with E-state index in [4.69, 9.17) is 12.6 Å². The number of thiol groups is 1. The molecule has 2 saturated carbocycles. The van der Waals surface area contributed by atoms with E-state index in [1.54, 1.807) is 0 Å². The Morgan fingerprint density at radius 1 is 0.833 bits per heavy atom. The van der Waals surface area contributed by atoms with Gasteiger partial charge in [-0.15, -0.1) is 0 Å². The second kappa shape index (κ2) is 3.14. The summed E-state index contributed by atoms with van der Waals surface area (Å²) in [6, 6.07) is 0. The molecule has 4 atom stereocenters. The molecule has 0 radical (unpaired) electrons. The maximum absolute atomic E-state index is 5.04. The summed E-state index contributed by atoms with van der Waals surface area (Å²) >= 11 is 5.04. The first-order valence-electron chi connectivity index (χ1n) is 7.18. The molecule has 0 heterocycles. The molecule has 1 N–H and O–H groups in total. The van der Waals surface area contributed by atoms with Crippen molar-refractivity contribution < 1.29 is 0 Å². The molecule has 0 saturated heterocycles. The van der Waals surface area contributed by atoms with Gasteiger partial charge in [-0.3, -0.25) is 0 Å². The highest BCUT2D eigenvalue weighted by Gasteiger charge is 2.85. The van der Waals surface area contributed by atoms with Gasteiger partial charge in [0.25, 0.3) is 0 Å². The summed E-state index contributed by atoms with van der Waals surface area (Å²) in [5, 5.41) is 3.68. The summed E-state index contributed by atoms with van der Waals surface area (Å²) in [7, 11) is 2.12. The minimum absolute atomic E-state index is 0.115. The number of nitrogens with one attached hydrogen (secondary N) is 1. The van der Waals surface area contributed by atoms with Crippen molar-refractivity contribution in [1.82, 2.24) is 5.32 Å². The predicted molar refractivity (Wildman–Crippen MR) is 83.2 cm³/mol. The zero-order chi connectivity index (χ0) is 14.4. The van der Waals surface area contributed by atoms with Crippen LogP contribution in [0.4, 0.5) is 0 Å². The van der Waals surface area contributed by atoms with Crippen molar-refractivity contribution in [2.45, 2.75) is 72.1 Å². The lowest BCUT2D eigenvalue weighted by molar-refractivity contribution is -0.150. The molecular formula is C16H31NS. The van der Waals surface area contributed by atoms with E-state index in [2.05, 4.69) is 67.8 Å². The second-order valence-corrected chi connectivity index (χ2v) is 9.52. The highest BCUT2D eigenvalue weighted by molar-refractivity contribution is 7.81. The highest BCUT2D eigenvalue weighted by atomic mass is 32.1. The molecule has 2 aliphatic rings. The summed E-state index contributed by atoms with van der Waals surface area (Å²) in [5.74, 6) is 0. The fourth-order valence-electron chi connectivity index (χ4n) is 6.20. The van der Waals surface area contributed by atoms with Crippen LogP contribution in [0.5, 0.6) is 0 Å². The lowest BCUT2D eigenvalue weighted by Crippen LogP contribution is -2.68. The van der Waals surface area contributed by atoms with Crippen LogP contribution in [-0.2, 0) is 0 Å². The van der Waals surface area contributed by atoms with Crippen molar-refractivity contribution in [1.29, 1.82) is 0 Å². The van der Waals surface area contributed by atoms with Gasteiger partial charge in [0, 0.05) is 10.3 Å². The first kappa shape index (κ1) is 14.7. The van der Waals surface area contributed by atoms with Gasteiger partial charge in [-0.1, -0.05) is 48.5 Å². The van der Waals surface area contributed by atoms with Crippen LogP contribution in [0.25, 0.3) is 0 Å². The lowest BCUT2D eigenvalue weighted by Gasteiger charge is -2.70. The Bertz CT molecular complexity index is 398. The molecule has 0 aromatic rings. The Morgan fingerprint density at radius 3 is 1.56 bits per heavy atom. The quantitative estimate of drug-likeness (QED) is 0.682. The van der Waals surface area contributed by atoms with Gasteiger partial charge < -0.3 is 5.32 Å². The Morgan fingerprint density at radius 2 is 1.28 bits per heavy atom. The van der Waals surface area contributed by atoms with E-state index in [9.17, 15) is 0 Å². The van der Waals surface area contributed by atoms with Gasteiger partial charge in [-0.25, -0.2) is 0 Å². The van der Waals surface area contributed by atoms with Gasteiger partial charge >= 0.3 is 0 Å². The molecular weight excluding hydrogens is 238 g/mol. The third kappa shape index (κ3) is 0.954. The molecule has 4 unspecified atom stereocenters. The topological polar surface area (TPSA) is 12.0 Å². The van der Waals surface area contributed by atoms with Crippen molar-refractivity contribution in [2.24, 2.45) is 21.7 Å². The standard InChI is InChI=1S/C16H31NS/c1-11(2)13(5)10-14(6,18)15(13,7)12(3,4)16(11,8)17-9/h17-18H,10H2,1-9H3. The fraction of sp³-hybridized carbons (Fsp3) is 1.00. The van der Waals surface area contributed by atoms with Gasteiger partial charge in [0.05, 0.1) is 0 Å². The maximum Gasteiger partial charge on any atom is 0.0263 e. The predicted octanol–water partition coefficient (Wildman–Crippen LogP) is 4.14. The summed E-state index contributed by atoms with van der Waals surface area (Å²) in [4.78, 5) is 0. The van der Waals surface area contributed by atoms with Crippen LogP contribution in [0.1, 0.15) is 61.8 Å². The van der Waals surface area contributed by atoms with Crippen LogP contribution in [0.3, 0.4) is 0 Å². The van der Waals surface area contributed by atoms with E-state index >= 15 is 0 Å². The molecule has 2 fully saturated rings. The van der Waals surface area contributed by atoms with Gasteiger partial charge in [-0.2, -0.15) is 12.6 Å². The number of hydrogen-bond acceptors (Lipinski definition) is 2. The van der Waals surface area contributed by atoms with Crippen LogP contribution in [0.2, 0.25) is 0 Å². The number of hydrogen-bond donors (Lipinski definition) is 2. The van der Waals surface area contributed by atoms with E-state index < -0.39 is 0 Å². The fourth-order valence-corrected chi connectivity index (χ4v) is 7.04. The molecule has 18 heavy (non-hydrogen) atoms. The third-order valence-electron chi connectivity index (χ3n) is 8.51. The van der Waals surface area contributed by atoms with Crippen molar-refractivity contribution in [3.63, 3.8) is 0 Å². The van der Waals surface area contributed by atoms with Gasteiger partial charge in [0.15, 0.2) is 0 Å². The molecule has 0 amide bonds. The van der Waals surface area contributed by atoms with Crippen LogP contribution in [0, 0.1) is 21.7 Å². The molecule has 2 heteroatoms. The molecule has 0 aliphatic heterocycles. The largest absolute Gasteiger partial charge is 0.313 e. The molecule has 106 valence electrons. The molecule has 0 aromatic heterocycles. The Hall–Kier alpha value is 0.310. The third-order valence-corrected chi connectivity index (χ3v) is 9.11. The summed E-state index contributed by atoms with van der Waals surface area (Å²) in [6.45, 7) is 19.4. The van der Waals surface area contributed by atoms with Crippen molar-refractivity contribution in [2.75, 3.05) is 7.05 Å². The van der Waals surface area contributed by atoms with Crippen molar-refractivity contribution >= 4 is 12.6 Å². The van der Waals surface area contributed by atoms with Crippen molar-refractivity contribution in [3.8, 4) is 0 Å². The van der Waals surface area contributed by atoms with Crippen LogP contribution < -0.4 is 5.32 Å². The minimum atomic E-state index is 0.115. The Labute approximate surface area is 119 Å². The zero-order valence-corrected chi connectivity index (χ0v) is 14.5. The molecule has 0 spiro atoms. The van der Waals surface area contributed by atoms with Gasteiger partial charge in [-0.05, 0) is 42.1 Å². The summed E-state index contributed by atoms with van der Waals surface area (Å²) < 4.78 is 0.122. The summed E-state index contributed by atoms with van der Waals surface area (Å²) in [6.07, 6.45) is 1.20. The minimum Gasteiger partial charge on any atom is -0.313 e. The molecule has 2 aliphatic carbocycles. The first-order valence-corrected chi connectivity index (χ1v) is 7.63. The average Bonchev–Trinajstić information content (AvgIpc) is 2.28. The molecule has 0 bridgehead atoms.